The van der Waals surface area contributed by atoms with Gasteiger partial charge >= 0.3 is 0 Å². The van der Waals surface area contributed by atoms with E-state index in [1.54, 1.807) is 24.3 Å². The van der Waals surface area contributed by atoms with Crippen LogP contribution in [0.5, 0.6) is 0 Å². The molecule has 0 saturated carbocycles. The minimum absolute atomic E-state index is 0.373. The van der Waals surface area contributed by atoms with Gasteiger partial charge in [-0.3, -0.25) is 4.79 Å². The smallest absolute Gasteiger partial charge is 0.266 e. The lowest BCUT2D eigenvalue weighted by molar-refractivity contribution is -0.113. The van der Waals surface area contributed by atoms with Crippen LogP contribution in [-0.2, 0) is 4.79 Å². The third kappa shape index (κ3) is 2.34. The number of amides is 1. The van der Waals surface area contributed by atoms with Crippen molar-refractivity contribution in [1.82, 2.24) is 0 Å². The summed E-state index contributed by atoms with van der Waals surface area (Å²) in [5.74, 6) is -0.0881. The summed E-state index contributed by atoms with van der Waals surface area (Å²) in [6, 6.07) is 16.1. The number of nitrogens with two attached hydrogens (primary N) is 1. The van der Waals surface area contributed by atoms with Crippen LogP contribution in [0.15, 0.2) is 65.7 Å². The van der Waals surface area contributed by atoms with Gasteiger partial charge in [-0.25, -0.2) is 9.89 Å². The maximum absolute atomic E-state index is 12.4. The summed E-state index contributed by atoms with van der Waals surface area (Å²) in [6.07, 6.45) is 3.22. The lowest BCUT2D eigenvalue weighted by atomic mass is 10.1. The first kappa shape index (κ1) is 13.6. The molecule has 2 N–H and O–H groups in total. The number of fused-ring (bicyclic) bond motifs is 1. The Hall–Kier alpha value is -3.39. The second kappa shape index (κ2) is 5.54. The van der Waals surface area contributed by atoms with Gasteiger partial charge in [-0.05, 0) is 12.1 Å². The quantitative estimate of drug-likeness (QED) is 0.522. The van der Waals surface area contributed by atoms with Gasteiger partial charge in [0.1, 0.15) is 5.84 Å². The maximum Gasteiger partial charge on any atom is 0.266 e. The van der Waals surface area contributed by atoms with Crippen molar-refractivity contribution in [3.8, 4) is 6.19 Å². The predicted molar refractivity (Wildman–Crippen MR) is 84.7 cm³/mol. The topological polar surface area (TPSA) is 82.5 Å². The number of carbonyl (C=O) groups is 1. The SMILES string of the molecule is N#CN(C(=O)C=C1N=C(N)c2ccccc21)c1ccccc1. The molecule has 5 heteroatoms. The Morgan fingerprint density at radius 2 is 1.73 bits per heavy atom. The van der Waals surface area contributed by atoms with E-state index in [1.807, 2.05) is 36.5 Å². The minimum Gasteiger partial charge on any atom is -0.383 e. The molecule has 0 aliphatic carbocycles. The van der Waals surface area contributed by atoms with Gasteiger partial charge in [0.15, 0.2) is 6.19 Å². The Bertz CT molecular complexity index is 831. The molecule has 1 heterocycles. The van der Waals surface area contributed by atoms with E-state index in [1.165, 1.54) is 6.08 Å². The Morgan fingerprint density at radius 1 is 1.09 bits per heavy atom. The van der Waals surface area contributed by atoms with Gasteiger partial charge in [0, 0.05) is 17.2 Å². The number of hydrogen-bond donors (Lipinski definition) is 1. The van der Waals surface area contributed by atoms with E-state index in [0.717, 1.165) is 16.0 Å². The summed E-state index contributed by atoms with van der Waals surface area (Å²) in [7, 11) is 0. The van der Waals surface area contributed by atoms with Gasteiger partial charge in [-0.1, -0.05) is 42.5 Å². The lowest BCUT2D eigenvalue weighted by Gasteiger charge is -2.11. The highest BCUT2D eigenvalue weighted by Crippen LogP contribution is 2.27. The number of anilines is 1. The molecule has 2 aromatic carbocycles. The molecule has 0 saturated heterocycles. The van der Waals surface area contributed by atoms with Crippen LogP contribution in [-0.4, -0.2) is 11.7 Å². The fourth-order valence-electron chi connectivity index (χ4n) is 2.28. The molecule has 0 radical (unpaired) electrons. The highest BCUT2D eigenvalue weighted by Gasteiger charge is 2.20. The van der Waals surface area contributed by atoms with Crippen molar-refractivity contribution >= 4 is 23.1 Å². The van der Waals surface area contributed by atoms with Crippen LogP contribution in [0.4, 0.5) is 5.69 Å². The Kier molecular flexibility index (Phi) is 3.42. The molecule has 1 aliphatic heterocycles. The zero-order valence-corrected chi connectivity index (χ0v) is 11.6. The zero-order valence-electron chi connectivity index (χ0n) is 11.6. The molecule has 0 spiro atoms. The number of amidine groups is 1. The second-order valence-electron chi connectivity index (χ2n) is 4.68. The molecule has 0 aromatic heterocycles. The number of para-hydroxylation sites is 1. The van der Waals surface area contributed by atoms with Gasteiger partial charge in [0.2, 0.25) is 0 Å². The van der Waals surface area contributed by atoms with E-state index in [4.69, 9.17) is 5.73 Å². The highest BCUT2D eigenvalue weighted by molar-refractivity contribution is 6.14. The third-order valence-corrected chi connectivity index (χ3v) is 3.31. The third-order valence-electron chi connectivity index (χ3n) is 3.31. The summed E-state index contributed by atoms with van der Waals surface area (Å²) >= 11 is 0. The molecule has 2 aromatic rings. The number of rotatable bonds is 2. The molecule has 0 fully saturated rings. The van der Waals surface area contributed by atoms with E-state index in [2.05, 4.69) is 4.99 Å². The van der Waals surface area contributed by atoms with Gasteiger partial charge in [-0.2, -0.15) is 5.26 Å². The monoisotopic (exact) mass is 288 g/mol. The normalized spacial score (nSPS) is 14.1. The van der Waals surface area contributed by atoms with E-state index < -0.39 is 5.91 Å². The first-order chi connectivity index (χ1) is 10.7. The lowest BCUT2D eigenvalue weighted by Crippen LogP contribution is -2.23. The molecule has 3 rings (SSSR count). The Morgan fingerprint density at radius 3 is 2.41 bits per heavy atom. The van der Waals surface area contributed by atoms with Crippen molar-refractivity contribution < 1.29 is 4.79 Å². The first-order valence-electron chi connectivity index (χ1n) is 6.65. The molecular formula is C17H12N4O. The molecule has 106 valence electrons. The Labute approximate surface area is 127 Å². The van der Waals surface area contributed by atoms with Gasteiger partial charge in [0.25, 0.3) is 5.91 Å². The molecule has 0 atom stereocenters. The van der Waals surface area contributed by atoms with Crippen molar-refractivity contribution in [3.05, 3.63) is 71.8 Å². The fourth-order valence-corrected chi connectivity index (χ4v) is 2.28. The predicted octanol–water partition coefficient (Wildman–Crippen LogP) is 2.26. The van der Waals surface area contributed by atoms with Gasteiger partial charge in [-0.15, -0.1) is 0 Å². The van der Waals surface area contributed by atoms with Crippen LogP contribution in [0.2, 0.25) is 0 Å². The standard InChI is InChI=1S/C17H12N4O/c18-11-21(12-6-2-1-3-7-12)16(22)10-15-13-8-4-5-9-14(13)17(19)20-15/h1-10H,(H2,19,20). The van der Waals surface area contributed by atoms with E-state index >= 15 is 0 Å². The number of nitrogens with zero attached hydrogens (tertiary/aromatic N) is 3. The first-order valence-corrected chi connectivity index (χ1v) is 6.65. The summed E-state index contributed by atoms with van der Waals surface area (Å²) in [4.78, 5) is 17.6. The van der Waals surface area contributed by atoms with Crippen LogP contribution in [0.25, 0.3) is 5.70 Å². The molecule has 5 nitrogen and oxygen atoms in total. The van der Waals surface area contributed by atoms with Crippen LogP contribution >= 0.6 is 0 Å². The second-order valence-corrected chi connectivity index (χ2v) is 4.68. The highest BCUT2D eigenvalue weighted by atomic mass is 16.2. The number of hydrogen-bond acceptors (Lipinski definition) is 4. The van der Waals surface area contributed by atoms with Crippen LogP contribution in [0.3, 0.4) is 0 Å². The van der Waals surface area contributed by atoms with Crippen LogP contribution < -0.4 is 10.6 Å². The Balaban J connectivity index is 1.96. The fraction of sp³-hybridized carbons (Fsp3) is 0. The van der Waals surface area contributed by atoms with E-state index in [-0.39, 0.29) is 0 Å². The number of nitriles is 1. The largest absolute Gasteiger partial charge is 0.383 e. The molecule has 0 bridgehead atoms. The van der Waals surface area contributed by atoms with Crippen molar-refractivity contribution in [2.24, 2.45) is 10.7 Å². The average Bonchev–Trinajstić information content (AvgIpc) is 2.86. The number of carbonyl (C=O) groups excluding carboxylic acids is 1. The van der Waals surface area contributed by atoms with Crippen molar-refractivity contribution in [2.45, 2.75) is 0 Å². The van der Waals surface area contributed by atoms with Crippen LogP contribution in [0, 0.1) is 11.5 Å². The molecule has 1 aliphatic rings. The molecule has 22 heavy (non-hydrogen) atoms. The van der Waals surface area contributed by atoms with Gasteiger partial charge < -0.3 is 5.73 Å². The molecule has 0 unspecified atom stereocenters. The summed E-state index contributed by atoms with van der Waals surface area (Å²) in [6.45, 7) is 0. The van der Waals surface area contributed by atoms with Gasteiger partial charge in [0.05, 0.1) is 11.4 Å². The molecule has 1 amide bonds. The maximum atomic E-state index is 12.4. The summed E-state index contributed by atoms with van der Waals surface area (Å²) in [5.41, 5.74) is 8.41. The van der Waals surface area contributed by atoms with E-state index in [0.29, 0.717) is 17.2 Å². The molecular weight excluding hydrogens is 276 g/mol. The van der Waals surface area contributed by atoms with Crippen LogP contribution in [0.1, 0.15) is 11.1 Å². The summed E-state index contributed by atoms with van der Waals surface area (Å²) < 4.78 is 0. The minimum atomic E-state index is -0.461. The van der Waals surface area contributed by atoms with Crippen molar-refractivity contribution in [2.75, 3.05) is 4.90 Å². The van der Waals surface area contributed by atoms with Crippen molar-refractivity contribution in [3.63, 3.8) is 0 Å². The average molecular weight is 288 g/mol. The van der Waals surface area contributed by atoms with Crippen molar-refractivity contribution in [1.29, 1.82) is 5.26 Å². The number of benzene rings is 2. The number of aliphatic imine (C=N–C) groups is 1. The zero-order chi connectivity index (χ0) is 15.5. The van der Waals surface area contributed by atoms with E-state index in [9.17, 15) is 10.1 Å². The summed E-state index contributed by atoms with van der Waals surface area (Å²) in [5, 5.41) is 9.24.